The average Bonchev–Trinajstić information content (AvgIpc) is 2.73. The van der Waals surface area contributed by atoms with E-state index in [4.69, 9.17) is 37.4 Å². The number of anilines is 1. The van der Waals surface area contributed by atoms with Crippen LogP contribution in [0.2, 0.25) is 10.0 Å². The standard InChI is InChI=1S/C20H16Cl2N2O6/c1-28-14-9-16(30-3)15(29-2)8-10(14)7-11-18(25)23-20(27)24(19(11)26)13-6-4-5-12(21)17(13)22/h4-9H,1-3H3,(H,23,25,27)/b11-7+. The smallest absolute Gasteiger partial charge is 0.336 e. The topological polar surface area (TPSA) is 94.2 Å². The summed E-state index contributed by atoms with van der Waals surface area (Å²) in [5.74, 6) is -0.649. The molecule has 0 bridgehead atoms. The minimum absolute atomic E-state index is 0.0000583. The zero-order chi connectivity index (χ0) is 22.0. The third-order valence-corrected chi connectivity index (χ3v) is 5.12. The Hall–Kier alpha value is -3.23. The number of methoxy groups -OCH3 is 3. The minimum Gasteiger partial charge on any atom is -0.496 e. The van der Waals surface area contributed by atoms with E-state index < -0.39 is 17.8 Å². The average molecular weight is 451 g/mol. The number of urea groups is 1. The molecule has 0 saturated carbocycles. The lowest BCUT2D eigenvalue weighted by molar-refractivity contribution is -0.122. The number of benzene rings is 2. The molecule has 0 spiro atoms. The highest BCUT2D eigenvalue weighted by Gasteiger charge is 2.38. The Kier molecular flexibility index (Phi) is 6.19. The van der Waals surface area contributed by atoms with E-state index in [0.717, 1.165) is 4.90 Å². The number of ether oxygens (including phenoxy) is 3. The molecule has 0 radical (unpaired) electrons. The summed E-state index contributed by atoms with van der Waals surface area (Å²) < 4.78 is 15.8. The Balaban J connectivity index is 2.12. The maximum Gasteiger partial charge on any atom is 0.336 e. The van der Waals surface area contributed by atoms with E-state index in [1.54, 1.807) is 12.1 Å². The molecule has 0 aliphatic carbocycles. The Bertz CT molecular complexity index is 1080. The molecular weight excluding hydrogens is 435 g/mol. The maximum absolute atomic E-state index is 13.1. The van der Waals surface area contributed by atoms with Crippen molar-refractivity contribution in [3.05, 3.63) is 51.5 Å². The molecule has 1 N–H and O–H groups in total. The SMILES string of the molecule is COc1cc(OC)c(OC)cc1/C=C1\C(=O)NC(=O)N(c2cccc(Cl)c2Cl)C1=O. The third kappa shape index (κ3) is 3.79. The van der Waals surface area contributed by atoms with Crippen LogP contribution in [0.1, 0.15) is 5.56 Å². The van der Waals surface area contributed by atoms with Crippen molar-refractivity contribution in [1.82, 2.24) is 5.32 Å². The molecule has 3 rings (SSSR count). The number of rotatable bonds is 5. The molecule has 30 heavy (non-hydrogen) atoms. The summed E-state index contributed by atoms with van der Waals surface area (Å²) >= 11 is 12.2. The molecule has 0 atom stereocenters. The first-order valence-electron chi connectivity index (χ1n) is 8.47. The van der Waals surface area contributed by atoms with Crippen LogP contribution < -0.4 is 24.4 Å². The summed E-state index contributed by atoms with van der Waals surface area (Å²) in [7, 11) is 4.33. The van der Waals surface area contributed by atoms with Gasteiger partial charge in [-0.3, -0.25) is 14.9 Å². The summed E-state index contributed by atoms with van der Waals surface area (Å²) in [6.07, 6.45) is 1.29. The van der Waals surface area contributed by atoms with Crippen molar-refractivity contribution in [3.63, 3.8) is 0 Å². The van der Waals surface area contributed by atoms with Crippen molar-refractivity contribution in [3.8, 4) is 17.2 Å². The lowest BCUT2D eigenvalue weighted by Crippen LogP contribution is -2.54. The molecule has 4 amide bonds. The highest BCUT2D eigenvalue weighted by atomic mass is 35.5. The number of nitrogens with zero attached hydrogens (tertiary/aromatic N) is 1. The fourth-order valence-corrected chi connectivity index (χ4v) is 3.24. The predicted molar refractivity (Wildman–Crippen MR) is 112 cm³/mol. The van der Waals surface area contributed by atoms with Crippen LogP contribution >= 0.6 is 23.2 Å². The monoisotopic (exact) mass is 450 g/mol. The van der Waals surface area contributed by atoms with Gasteiger partial charge in [0.2, 0.25) is 0 Å². The second-order valence-electron chi connectivity index (χ2n) is 5.98. The van der Waals surface area contributed by atoms with Crippen molar-refractivity contribution >= 4 is 52.8 Å². The van der Waals surface area contributed by atoms with Crippen LogP contribution in [0, 0.1) is 0 Å². The van der Waals surface area contributed by atoms with Gasteiger partial charge in [-0.25, -0.2) is 9.69 Å². The Morgan fingerprint density at radius 2 is 1.57 bits per heavy atom. The number of carbonyl (C=O) groups excluding carboxylic acids is 3. The van der Waals surface area contributed by atoms with E-state index in [0.29, 0.717) is 22.8 Å². The van der Waals surface area contributed by atoms with Gasteiger partial charge < -0.3 is 14.2 Å². The van der Waals surface area contributed by atoms with Gasteiger partial charge in [-0.05, 0) is 24.3 Å². The van der Waals surface area contributed by atoms with Crippen molar-refractivity contribution < 1.29 is 28.6 Å². The lowest BCUT2D eigenvalue weighted by atomic mass is 10.1. The molecule has 2 aromatic rings. The van der Waals surface area contributed by atoms with E-state index in [1.165, 1.54) is 45.6 Å². The second-order valence-corrected chi connectivity index (χ2v) is 6.77. The van der Waals surface area contributed by atoms with Gasteiger partial charge >= 0.3 is 6.03 Å². The quantitative estimate of drug-likeness (QED) is 0.551. The number of hydrogen-bond donors (Lipinski definition) is 1. The Labute approximate surface area is 181 Å². The van der Waals surface area contributed by atoms with E-state index in [1.807, 2.05) is 0 Å². The molecule has 156 valence electrons. The van der Waals surface area contributed by atoms with Crippen LogP contribution in [0.3, 0.4) is 0 Å². The molecule has 1 aliphatic heterocycles. The largest absolute Gasteiger partial charge is 0.496 e. The van der Waals surface area contributed by atoms with E-state index in [9.17, 15) is 14.4 Å². The molecule has 1 heterocycles. The number of halogens is 2. The van der Waals surface area contributed by atoms with Crippen LogP contribution in [0.15, 0.2) is 35.9 Å². The fourth-order valence-electron chi connectivity index (χ4n) is 2.86. The molecule has 10 heteroatoms. The molecule has 0 aromatic heterocycles. The summed E-state index contributed by atoms with van der Waals surface area (Å²) in [5, 5.41) is 2.28. The number of amides is 4. The van der Waals surface area contributed by atoms with Crippen LogP contribution in [0.25, 0.3) is 6.08 Å². The number of hydrogen-bond acceptors (Lipinski definition) is 6. The van der Waals surface area contributed by atoms with Crippen LogP contribution in [0.5, 0.6) is 17.2 Å². The van der Waals surface area contributed by atoms with Gasteiger partial charge in [0, 0.05) is 11.6 Å². The minimum atomic E-state index is -0.939. The van der Waals surface area contributed by atoms with Crippen LogP contribution in [-0.4, -0.2) is 39.2 Å². The van der Waals surface area contributed by atoms with Crippen molar-refractivity contribution in [2.45, 2.75) is 0 Å². The van der Waals surface area contributed by atoms with Crippen LogP contribution in [0.4, 0.5) is 10.5 Å². The maximum atomic E-state index is 13.1. The molecule has 2 aromatic carbocycles. The van der Waals surface area contributed by atoms with Gasteiger partial charge in [-0.15, -0.1) is 0 Å². The molecule has 8 nitrogen and oxygen atoms in total. The van der Waals surface area contributed by atoms with Gasteiger partial charge in [0.05, 0.1) is 37.1 Å². The van der Waals surface area contributed by atoms with Crippen molar-refractivity contribution in [1.29, 1.82) is 0 Å². The van der Waals surface area contributed by atoms with Crippen molar-refractivity contribution in [2.24, 2.45) is 0 Å². The summed E-state index contributed by atoms with van der Waals surface area (Å²) in [6, 6.07) is 6.63. The highest BCUT2D eigenvalue weighted by molar-refractivity contribution is 6.46. The summed E-state index contributed by atoms with van der Waals surface area (Å²) in [6.45, 7) is 0. The number of nitrogens with one attached hydrogen (secondary N) is 1. The first-order valence-corrected chi connectivity index (χ1v) is 9.23. The van der Waals surface area contributed by atoms with Gasteiger partial charge in [-0.1, -0.05) is 29.3 Å². The predicted octanol–water partition coefficient (Wildman–Crippen LogP) is 3.69. The zero-order valence-corrected chi connectivity index (χ0v) is 17.6. The van der Waals surface area contributed by atoms with Gasteiger partial charge in [0.25, 0.3) is 11.8 Å². The lowest BCUT2D eigenvalue weighted by Gasteiger charge is -2.27. The number of imide groups is 2. The Morgan fingerprint density at radius 3 is 2.20 bits per heavy atom. The van der Waals surface area contributed by atoms with Crippen molar-refractivity contribution in [2.75, 3.05) is 26.2 Å². The fraction of sp³-hybridized carbons (Fsp3) is 0.150. The molecule has 1 fully saturated rings. The van der Waals surface area contributed by atoms with E-state index >= 15 is 0 Å². The first kappa shape index (κ1) is 21.5. The third-order valence-electron chi connectivity index (χ3n) is 4.31. The first-order chi connectivity index (χ1) is 14.3. The Morgan fingerprint density at radius 1 is 0.933 bits per heavy atom. The molecule has 1 aliphatic rings. The molecule has 1 saturated heterocycles. The van der Waals surface area contributed by atoms with E-state index in [-0.39, 0.29) is 21.3 Å². The van der Waals surface area contributed by atoms with Crippen LogP contribution in [-0.2, 0) is 9.59 Å². The number of barbiturate groups is 1. The number of carbonyl (C=O) groups is 3. The summed E-state index contributed by atoms with van der Waals surface area (Å²) in [4.78, 5) is 38.6. The molecular formula is C20H16Cl2N2O6. The zero-order valence-electron chi connectivity index (χ0n) is 16.1. The normalized spacial score (nSPS) is 15.3. The molecule has 0 unspecified atom stereocenters. The highest BCUT2D eigenvalue weighted by Crippen LogP contribution is 2.37. The van der Waals surface area contributed by atoms with Gasteiger partial charge in [0.1, 0.15) is 11.3 Å². The summed E-state index contributed by atoms with van der Waals surface area (Å²) in [5.41, 5.74) is 0.0978. The van der Waals surface area contributed by atoms with Gasteiger partial charge in [0.15, 0.2) is 11.5 Å². The van der Waals surface area contributed by atoms with E-state index in [2.05, 4.69) is 5.32 Å². The van der Waals surface area contributed by atoms with Gasteiger partial charge in [-0.2, -0.15) is 0 Å². The second kappa shape index (κ2) is 8.64.